The van der Waals surface area contributed by atoms with Crippen LogP contribution in [-0.4, -0.2) is 18.3 Å². The van der Waals surface area contributed by atoms with Crippen LogP contribution in [0.15, 0.2) is 12.1 Å². The van der Waals surface area contributed by atoms with E-state index in [1.165, 1.54) is 13.2 Å². The fourth-order valence-electron chi connectivity index (χ4n) is 1.20. The maximum Gasteiger partial charge on any atom is 0.145 e. The molecule has 0 saturated carbocycles. The molecule has 0 heterocycles. The normalized spacial score (nSPS) is 14.8. The summed E-state index contributed by atoms with van der Waals surface area (Å²) in [5.41, 5.74) is 5.75. The third kappa shape index (κ3) is 2.59. The SMILES string of the molecule is COc1cc(F)c(Cl)c(C(O)C(C)N)c1. The van der Waals surface area contributed by atoms with Gasteiger partial charge in [0.2, 0.25) is 0 Å². The van der Waals surface area contributed by atoms with Gasteiger partial charge in [-0.05, 0) is 13.0 Å². The first-order chi connectivity index (χ1) is 6.97. The number of hydrogen-bond donors (Lipinski definition) is 2. The Kier molecular flexibility index (Phi) is 3.90. The average molecular weight is 234 g/mol. The fraction of sp³-hybridized carbons (Fsp3) is 0.400. The molecule has 5 heteroatoms. The molecule has 0 spiro atoms. The molecule has 0 aromatic heterocycles. The Hall–Kier alpha value is -0.840. The third-order valence-electron chi connectivity index (χ3n) is 2.08. The fourth-order valence-corrected chi connectivity index (χ4v) is 1.42. The van der Waals surface area contributed by atoms with Crippen molar-refractivity contribution in [2.24, 2.45) is 5.73 Å². The van der Waals surface area contributed by atoms with Crippen LogP contribution >= 0.6 is 11.6 Å². The Balaban J connectivity index is 3.21. The highest BCUT2D eigenvalue weighted by Crippen LogP contribution is 2.31. The molecular weight excluding hydrogens is 221 g/mol. The van der Waals surface area contributed by atoms with Crippen LogP contribution < -0.4 is 10.5 Å². The van der Waals surface area contributed by atoms with Gasteiger partial charge in [-0.25, -0.2) is 4.39 Å². The van der Waals surface area contributed by atoms with Crippen LogP contribution in [0.4, 0.5) is 4.39 Å². The summed E-state index contributed by atoms with van der Waals surface area (Å²) in [6, 6.07) is 2.09. The van der Waals surface area contributed by atoms with Gasteiger partial charge in [0, 0.05) is 17.7 Å². The highest BCUT2D eigenvalue weighted by molar-refractivity contribution is 6.31. The van der Waals surface area contributed by atoms with Crippen molar-refractivity contribution in [3.05, 3.63) is 28.5 Å². The van der Waals surface area contributed by atoms with Gasteiger partial charge in [-0.15, -0.1) is 0 Å². The molecule has 0 fully saturated rings. The Morgan fingerprint density at radius 3 is 2.60 bits per heavy atom. The molecule has 0 aliphatic rings. The summed E-state index contributed by atoms with van der Waals surface area (Å²) < 4.78 is 18.2. The van der Waals surface area contributed by atoms with Crippen molar-refractivity contribution in [3.8, 4) is 5.75 Å². The van der Waals surface area contributed by atoms with Gasteiger partial charge in [0.25, 0.3) is 0 Å². The minimum Gasteiger partial charge on any atom is -0.497 e. The number of nitrogens with two attached hydrogens (primary N) is 1. The van der Waals surface area contributed by atoms with Crippen LogP contribution in [0.25, 0.3) is 0 Å². The van der Waals surface area contributed by atoms with E-state index in [-0.39, 0.29) is 10.6 Å². The zero-order valence-corrected chi connectivity index (χ0v) is 9.25. The monoisotopic (exact) mass is 233 g/mol. The largest absolute Gasteiger partial charge is 0.497 e. The molecule has 84 valence electrons. The van der Waals surface area contributed by atoms with Crippen LogP contribution in [0, 0.1) is 5.82 Å². The van der Waals surface area contributed by atoms with Crippen LogP contribution in [0.3, 0.4) is 0 Å². The summed E-state index contributed by atoms with van der Waals surface area (Å²) in [5, 5.41) is 9.57. The van der Waals surface area contributed by atoms with Crippen molar-refractivity contribution < 1.29 is 14.2 Å². The Morgan fingerprint density at radius 1 is 1.53 bits per heavy atom. The predicted octanol–water partition coefficient (Wildman–Crippen LogP) is 1.87. The number of aliphatic hydroxyl groups is 1. The maximum absolute atomic E-state index is 13.3. The van der Waals surface area contributed by atoms with Crippen molar-refractivity contribution in [2.75, 3.05) is 7.11 Å². The molecule has 0 radical (unpaired) electrons. The highest BCUT2D eigenvalue weighted by Gasteiger charge is 2.19. The summed E-state index contributed by atoms with van der Waals surface area (Å²) in [6.45, 7) is 1.61. The van der Waals surface area contributed by atoms with Gasteiger partial charge in [-0.2, -0.15) is 0 Å². The first kappa shape index (κ1) is 12.2. The van der Waals surface area contributed by atoms with Crippen molar-refractivity contribution >= 4 is 11.6 Å². The van der Waals surface area contributed by atoms with Gasteiger partial charge < -0.3 is 15.6 Å². The van der Waals surface area contributed by atoms with Gasteiger partial charge in [-0.3, -0.25) is 0 Å². The first-order valence-corrected chi connectivity index (χ1v) is 4.81. The van der Waals surface area contributed by atoms with Crippen molar-refractivity contribution in [3.63, 3.8) is 0 Å². The van der Waals surface area contributed by atoms with Crippen molar-refractivity contribution in [1.29, 1.82) is 0 Å². The van der Waals surface area contributed by atoms with E-state index in [2.05, 4.69) is 0 Å². The number of aliphatic hydroxyl groups excluding tert-OH is 1. The van der Waals surface area contributed by atoms with Crippen LogP contribution in [0.2, 0.25) is 5.02 Å². The molecule has 0 aliphatic heterocycles. The van der Waals surface area contributed by atoms with E-state index in [4.69, 9.17) is 22.1 Å². The van der Waals surface area contributed by atoms with Gasteiger partial charge in [0.15, 0.2) is 0 Å². The van der Waals surface area contributed by atoms with E-state index >= 15 is 0 Å². The number of ether oxygens (including phenoxy) is 1. The summed E-state index contributed by atoms with van der Waals surface area (Å²) >= 11 is 5.71. The average Bonchev–Trinajstić information content (AvgIpc) is 2.20. The summed E-state index contributed by atoms with van der Waals surface area (Å²) in [7, 11) is 1.41. The molecule has 0 aliphatic carbocycles. The molecule has 2 unspecified atom stereocenters. The van der Waals surface area contributed by atoms with Gasteiger partial charge in [0.1, 0.15) is 11.6 Å². The van der Waals surface area contributed by atoms with E-state index in [1.54, 1.807) is 6.92 Å². The molecule has 15 heavy (non-hydrogen) atoms. The topological polar surface area (TPSA) is 55.5 Å². The molecule has 3 N–H and O–H groups in total. The minimum atomic E-state index is -1.01. The number of halogens is 2. The van der Waals surface area contributed by atoms with Gasteiger partial charge in [-0.1, -0.05) is 11.6 Å². The highest BCUT2D eigenvalue weighted by atomic mass is 35.5. The summed E-state index contributed by atoms with van der Waals surface area (Å²) in [5.74, 6) is -0.336. The van der Waals surface area contributed by atoms with E-state index in [0.29, 0.717) is 5.75 Å². The lowest BCUT2D eigenvalue weighted by atomic mass is 10.0. The number of hydrogen-bond acceptors (Lipinski definition) is 3. The second-order valence-electron chi connectivity index (χ2n) is 3.32. The molecule has 3 nitrogen and oxygen atoms in total. The molecule has 0 amide bonds. The van der Waals surface area contributed by atoms with Gasteiger partial charge in [0.05, 0.1) is 18.2 Å². The predicted molar refractivity (Wildman–Crippen MR) is 56.6 cm³/mol. The zero-order valence-electron chi connectivity index (χ0n) is 8.50. The van der Waals surface area contributed by atoms with E-state index in [1.807, 2.05) is 0 Å². The number of benzene rings is 1. The molecule has 1 rings (SSSR count). The molecule has 2 atom stereocenters. The molecule has 0 saturated heterocycles. The lowest BCUT2D eigenvalue weighted by Crippen LogP contribution is -2.24. The number of methoxy groups -OCH3 is 1. The lowest BCUT2D eigenvalue weighted by molar-refractivity contribution is 0.152. The third-order valence-corrected chi connectivity index (χ3v) is 2.48. The van der Waals surface area contributed by atoms with Crippen LogP contribution in [0.1, 0.15) is 18.6 Å². The standard InChI is InChI=1S/C10H13ClFNO2/c1-5(13)10(14)7-3-6(15-2)4-8(12)9(7)11/h3-5,10,14H,13H2,1-2H3. The summed E-state index contributed by atoms with van der Waals surface area (Å²) in [6.07, 6.45) is -1.01. The molecule has 0 bridgehead atoms. The minimum absolute atomic E-state index is 0.124. The first-order valence-electron chi connectivity index (χ1n) is 4.44. The van der Waals surface area contributed by atoms with E-state index < -0.39 is 18.0 Å². The smallest absolute Gasteiger partial charge is 0.145 e. The maximum atomic E-state index is 13.3. The summed E-state index contributed by atoms with van der Waals surface area (Å²) in [4.78, 5) is 0. The quantitative estimate of drug-likeness (QED) is 0.838. The second-order valence-corrected chi connectivity index (χ2v) is 3.69. The zero-order chi connectivity index (χ0) is 11.6. The number of rotatable bonds is 3. The van der Waals surface area contributed by atoms with Crippen LogP contribution in [-0.2, 0) is 0 Å². The van der Waals surface area contributed by atoms with Crippen LogP contribution in [0.5, 0.6) is 5.75 Å². The Labute approximate surface area is 92.6 Å². The van der Waals surface area contributed by atoms with Gasteiger partial charge >= 0.3 is 0 Å². The van der Waals surface area contributed by atoms with Crippen molar-refractivity contribution in [1.82, 2.24) is 0 Å². The lowest BCUT2D eigenvalue weighted by Gasteiger charge is -2.17. The molecule has 1 aromatic carbocycles. The van der Waals surface area contributed by atoms with E-state index in [0.717, 1.165) is 6.07 Å². The Morgan fingerprint density at radius 2 is 2.13 bits per heavy atom. The van der Waals surface area contributed by atoms with E-state index in [9.17, 15) is 9.50 Å². The molecular formula is C10H13ClFNO2. The Bertz CT molecular complexity index is 358. The van der Waals surface area contributed by atoms with Crippen molar-refractivity contribution in [2.45, 2.75) is 19.1 Å². The second kappa shape index (κ2) is 4.79. The molecule has 1 aromatic rings.